The molecule has 18 heavy (non-hydrogen) atoms. The predicted molar refractivity (Wildman–Crippen MR) is 73.4 cm³/mol. The standard InChI is InChI=1S/C13H17BrN2O2/c1-15-8-5-11(17)12-10(13(15)18)4-9-16(12)7-3-2-6-14/h4,9H,2-3,5-8H2,1H3. The Kier molecular flexibility index (Phi) is 4.22. The first kappa shape index (κ1) is 13.3. The molecule has 2 heterocycles. The van der Waals surface area contributed by atoms with Crippen LogP contribution < -0.4 is 0 Å². The third-order valence-corrected chi connectivity index (χ3v) is 3.82. The molecule has 98 valence electrons. The molecule has 0 atom stereocenters. The van der Waals surface area contributed by atoms with Gasteiger partial charge in [-0.15, -0.1) is 0 Å². The van der Waals surface area contributed by atoms with Crippen LogP contribution >= 0.6 is 15.9 Å². The van der Waals surface area contributed by atoms with Crippen molar-refractivity contribution in [3.05, 3.63) is 23.5 Å². The summed E-state index contributed by atoms with van der Waals surface area (Å²) in [5, 5.41) is 0.964. The molecule has 0 bridgehead atoms. The van der Waals surface area contributed by atoms with Gasteiger partial charge in [0.15, 0.2) is 5.78 Å². The number of ketones is 1. The highest BCUT2D eigenvalue weighted by atomic mass is 79.9. The number of fused-ring (bicyclic) bond motifs is 1. The fraction of sp³-hybridized carbons (Fsp3) is 0.538. The number of aromatic nitrogens is 1. The van der Waals surface area contributed by atoms with Gasteiger partial charge in [0.05, 0.1) is 11.3 Å². The molecule has 4 nitrogen and oxygen atoms in total. The number of hydrogen-bond acceptors (Lipinski definition) is 2. The van der Waals surface area contributed by atoms with E-state index in [-0.39, 0.29) is 11.7 Å². The fourth-order valence-corrected chi connectivity index (χ4v) is 2.61. The van der Waals surface area contributed by atoms with Crippen molar-refractivity contribution in [2.75, 3.05) is 18.9 Å². The van der Waals surface area contributed by atoms with Crippen LogP contribution in [0.1, 0.15) is 40.1 Å². The van der Waals surface area contributed by atoms with Gasteiger partial charge in [-0.3, -0.25) is 9.59 Å². The van der Waals surface area contributed by atoms with Crippen molar-refractivity contribution in [1.82, 2.24) is 9.47 Å². The van der Waals surface area contributed by atoms with E-state index in [1.165, 1.54) is 0 Å². The quantitative estimate of drug-likeness (QED) is 0.632. The van der Waals surface area contributed by atoms with Gasteiger partial charge in [0.1, 0.15) is 0 Å². The summed E-state index contributed by atoms with van der Waals surface area (Å²) in [4.78, 5) is 25.8. The van der Waals surface area contributed by atoms with E-state index >= 15 is 0 Å². The predicted octanol–water partition coefficient (Wildman–Crippen LogP) is 2.32. The molecular weight excluding hydrogens is 296 g/mol. The summed E-state index contributed by atoms with van der Waals surface area (Å²) in [6.45, 7) is 1.30. The number of unbranched alkanes of at least 4 members (excludes halogenated alkanes) is 1. The maximum Gasteiger partial charge on any atom is 0.255 e. The van der Waals surface area contributed by atoms with E-state index in [2.05, 4.69) is 15.9 Å². The molecule has 2 rings (SSSR count). The van der Waals surface area contributed by atoms with Gasteiger partial charge in [0, 0.05) is 38.1 Å². The van der Waals surface area contributed by atoms with E-state index < -0.39 is 0 Å². The number of rotatable bonds is 4. The van der Waals surface area contributed by atoms with Crippen molar-refractivity contribution >= 4 is 27.6 Å². The Hall–Kier alpha value is -1.10. The number of alkyl halides is 1. The molecule has 0 fully saturated rings. The molecule has 1 aromatic heterocycles. The minimum atomic E-state index is -0.0462. The van der Waals surface area contributed by atoms with Gasteiger partial charge in [-0.2, -0.15) is 0 Å². The number of hydrogen-bond donors (Lipinski definition) is 0. The summed E-state index contributed by atoms with van der Waals surface area (Å²) in [7, 11) is 1.74. The Labute approximate surface area is 115 Å². The molecule has 1 aromatic rings. The maximum absolute atomic E-state index is 12.1. The summed E-state index contributed by atoms with van der Waals surface area (Å²) in [6.07, 6.45) is 4.34. The van der Waals surface area contributed by atoms with E-state index in [9.17, 15) is 9.59 Å². The van der Waals surface area contributed by atoms with Crippen molar-refractivity contribution in [3.63, 3.8) is 0 Å². The highest BCUT2D eigenvalue weighted by Gasteiger charge is 2.27. The van der Waals surface area contributed by atoms with E-state index in [1.807, 2.05) is 10.8 Å². The summed E-state index contributed by atoms with van der Waals surface area (Å²) >= 11 is 3.39. The third kappa shape index (κ3) is 2.51. The zero-order valence-electron chi connectivity index (χ0n) is 10.5. The first-order valence-electron chi connectivity index (χ1n) is 6.19. The average molecular weight is 313 g/mol. The monoisotopic (exact) mass is 312 g/mol. The van der Waals surface area contributed by atoms with Crippen molar-refractivity contribution in [3.8, 4) is 0 Å². The van der Waals surface area contributed by atoms with Crippen molar-refractivity contribution in [2.24, 2.45) is 0 Å². The molecule has 0 unspecified atom stereocenters. The molecule has 5 heteroatoms. The number of carbonyl (C=O) groups excluding carboxylic acids is 2. The molecular formula is C13H17BrN2O2. The van der Waals surface area contributed by atoms with Crippen LogP contribution in [-0.2, 0) is 6.54 Å². The highest BCUT2D eigenvalue weighted by Crippen LogP contribution is 2.20. The van der Waals surface area contributed by atoms with Crippen LogP contribution in [0.15, 0.2) is 12.3 Å². The molecule has 0 aromatic carbocycles. The Morgan fingerprint density at radius 1 is 1.33 bits per heavy atom. The lowest BCUT2D eigenvalue weighted by Gasteiger charge is -2.12. The lowest BCUT2D eigenvalue weighted by molar-refractivity contribution is 0.0798. The van der Waals surface area contributed by atoms with Crippen LogP contribution in [0.2, 0.25) is 0 Å². The Bertz CT molecular complexity index is 468. The third-order valence-electron chi connectivity index (χ3n) is 3.26. The SMILES string of the molecule is CN1CCC(=O)c2c(ccn2CCCCBr)C1=O. The minimum absolute atomic E-state index is 0.0462. The molecule has 0 saturated carbocycles. The second kappa shape index (κ2) is 5.69. The Balaban J connectivity index is 2.28. The molecule has 0 radical (unpaired) electrons. The lowest BCUT2D eigenvalue weighted by Crippen LogP contribution is -2.26. The minimum Gasteiger partial charge on any atom is -0.344 e. The van der Waals surface area contributed by atoms with E-state index in [1.54, 1.807) is 18.0 Å². The first-order valence-corrected chi connectivity index (χ1v) is 7.31. The molecule has 1 aliphatic rings. The molecule has 0 spiro atoms. The number of nitrogens with zero attached hydrogens (tertiary/aromatic N) is 2. The van der Waals surface area contributed by atoms with Crippen LogP contribution in [0.5, 0.6) is 0 Å². The fourth-order valence-electron chi connectivity index (χ4n) is 2.21. The lowest BCUT2D eigenvalue weighted by atomic mass is 10.1. The van der Waals surface area contributed by atoms with Gasteiger partial charge in [-0.25, -0.2) is 0 Å². The summed E-state index contributed by atoms with van der Waals surface area (Å²) < 4.78 is 1.93. The van der Waals surface area contributed by atoms with Crippen LogP contribution in [0, 0.1) is 0 Å². The molecule has 0 saturated heterocycles. The highest BCUT2D eigenvalue weighted by molar-refractivity contribution is 9.09. The Morgan fingerprint density at radius 3 is 2.83 bits per heavy atom. The van der Waals surface area contributed by atoms with Gasteiger partial charge in [-0.05, 0) is 18.9 Å². The smallest absolute Gasteiger partial charge is 0.255 e. The first-order chi connectivity index (χ1) is 8.65. The average Bonchev–Trinajstić information content (AvgIpc) is 2.74. The molecule has 0 aliphatic carbocycles. The zero-order chi connectivity index (χ0) is 13.1. The normalized spacial score (nSPS) is 15.8. The van der Waals surface area contributed by atoms with Crippen LogP contribution in [0.25, 0.3) is 0 Å². The zero-order valence-corrected chi connectivity index (χ0v) is 12.1. The van der Waals surface area contributed by atoms with Gasteiger partial charge >= 0.3 is 0 Å². The number of amides is 1. The molecule has 1 aliphatic heterocycles. The number of Topliss-reactive ketones (excluding diaryl/α,β-unsaturated/α-hetero) is 1. The van der Waals surface area contributed by atoms with Crippen molar-refractivity contribution < 1.29 is 9.59 Å². The number of halogens is 1. The van der Waals surface area contributed by atoms with Gasteiger partial charge in [0.25, 0.3) is 5.91 Å². The van der Waals surface area contributed by atoms with Crippen LogP contribution in [0.4, 0.5) is 0 Å². The van der Waals surface area contributed by atoms with Gasteiger partial charge < -0.3 is 9.47 Å². The largest absolute Gasteiger partial charge is 0.344 e. The second-order valence-corrected chi connectivity index (χ2v) is 5.36. The topological polar surface area (TPSA) is 42.3 Å². The second-order valence-electron chi connectivity index (χ2n) is 4.57. The van der Waals surface area contributed by atoms with Gasteiger partial charge in [-0.1, -0.05) is 15.9 Å². The summed E-state index contributed by atoms with van der Waals surface area (Å²) in [5.41, 5.74) is 1.15. The van der Waals surface area contributed by atoms with E-state index in [4.69, 9.17) is 0 Å². The Morgan fingerprint density at radius 2 is 2.11 bits per heavy atom. The van der Waals surface area contributed by atoms with Crippen LogP contribution in [-0.4, -0.2) is 40.1 Å². The molecule has 0 N–H and O–H groups in total. The summed E-state index contributed by atoms with van der Waals surface area (Å²) in [6, 6.07) is 1.77. The maximum atomic E-state index is 12.1. The van der Waals surface area contributed by atoms with E-state index in [0.717, 1.165) is 24.7 Å². The molecule has 1 amide bonds. The van der Waals surface area contributed by atoms with Gasteiger partial charge in [0.2, 0.25) is 0 Å². The summed E-state index contributed by atoms with van der Waals surface area (Å²) in [5.74, 6) is 0.0293. The van der Waals surface area contributed by atoms with E-state index in [0.29, 0.717) is 24.2 Å². The number of carbonyl (C=O) groups is 2. The number of aryl methyl sites for hydroxylation is 1. The van der Waals surface area contributed by atoms with Crippen LogP contribution in [0.3, 0.4) is 0 Å². The van der Waals surface area contributed by atoms with Crippen molar-refractivity contribution in [2.45, 2.75) is 25.8 Å². The van der Waals surface area contributed by atoms with Crippen molar-refractivity contribution in [1.29, 1.82) is 0 Å².